The third-order valence-corrected chi connectivity index (χ3v) is 10.6. The SMILES string of the molecule is CCc1cccc2cccc(N3CCc4c(nc(OCC56CCCN5CCC6)nc4NC4CC5CC5C4)C3)c12. The molecule has 1 aromatic heterocycles. The Balaban J connectivity index is 1.12. The van der Waals surface area contributed by atoms with Crippen molar-refractivity contribution >= 4 is 22.3 Å². The summed E-state index contributed by atoms with van der Waals surface area (Å²) in [5.41, 5.74) is 5.38. The van der Waals surface area contributed by atoms with Gasteiger partial charge in [0.15, 0.2) is 0 Å². The van der Waals surface area contributed by atoms with Crippen molar-refractivity contribution in [2.45, 2.75) is 82.8 Å². The fourth-order valence-electron chi connectivity index (χ4n) is 8.44. The van der Waals surface area contributed by atoms with E-state index >= 15 is 0 Å². The number of benzene rings is 2. The third-order valence-electron chi connectivity index (χ3n) is 10.6. The van der Waals surface area contributed by atoms with Crippen LogP contribution in [-0.2, 0) is 19.4 Å². The van der Waals surface area contributed by atoms with Crippen LogP contribution in [0.1, 0.15) is 68.7 Å². The molecule has 2 saturated carbocycles. The van der Waals surface area contributed by atoms with E-state index in [2.05, 4.69) is 58.4 Å². The summed E-state index contributed by atoms with van der Waals surface area (Å²) in [6.07, 6.45) is 11.1. The molecule has 2 saturated heterocycles. The van der Waals surface area contributed by atoms with Crippen LogP contribution in [0.2, 0.25) is 0 Å². The van der Waals surface area contributed by atoms with Crippen LogP contribution in [0.5, 0.6) is 6.01 Å². The minimum absolute atomic E-state index is 0.200. The van der Waals surface area contributed by atoms with Crippen LogP contribution in [0.4, 0.5) is 11.5 Å². The summed E-state index contributed by atoms with van der Waals surface area (Å²) in [6, 6.07) is 14.6. The summed E-state index contributed by atoms with van der Waals surface area (Å²) in [7, 11) is 0. The highest BCUT2D eigenvalue weighted by Gasteiger charge is 2.47. The predicted octanol–water partition coefficient (Wildman–Crippen LogP) is 5.97. The van der Waals surface area contributed by atoms with Gasteiger partial charge < -0.3 is 15.0 Å². The molecule has 6 nitrogen and oxygen atoms in total. The van der Waals surface area contributed by atoms with Crippen molar-refractivity contribution in [3.63, 3.8) is 0 Å². The first kappa shape index (κ1) is 24.0. The summed E-state index contributed by atoms with van der Waals surface area (Å²) < 4.78 is 6.52. The zero-order chi connectivity index (χ0) is 26.0. The summed E-state index contributed by atoms with van der Waals surface area (Å²) >= 11 is 0. The number of ether oxygens (including phenoxy) is 1. The molecule has 1 N–H and O–H groups in total. The second-order valence-electron chi connectivity index (χ2n) is 12.9. The molecule has 4 fully saturated rings. The number of hydrogen-bond acceptors (Lipinski definition) is 6. The maximum atomic E-state index is 6.52. The van der Waals surface area contributed by atoms with Gasteiger partial charge in [-0.1, -0.05) is 37.3 Å². The van der Waals surface area contributed by atoms with Crippen LogP contribution in [0.3, 0.4) is 0 Å². The summed E-state index contributed by atoms with van der Waals surface area (Å²) in [5.74, 6) is 2.93. The highest BCUT2D eigenvalue weighted by Crippen LogP contribution is 2.52. The van der Waals surface area contributed by atoms with Crippen molar-refractivity contribution in [1.82, 2.24) is 14.9 Å². The van der Waals surface area contributed by atoms with E-state index in [0.717, 1.165) is 49.3 Å². The standard InChI is InChI=1S/C33H41N5O/c1-2-22-7-3-8-23-9-4-10-29(30(22)23)37-16-11-27-28(20-37)35-32(36-31(27)34-26-18-24-17-25(24)19-26)39-21-33-12-5-14-38(33)15-6-13-33/h3-4,7-10,24-26H,2,5-6,11-21H2,1H3,(H,34,35,36). The lowest BCUT2D eigenvalue weighted by Gasteiger charge is -2.34. The van der Waals surface area contributed by atoms with E-state index in [0.29, 0.717) is 18.7 Å². The zero-order valence-corrected chi connectivity index (χ0v) is 23.3. The first-order valence-corrected chi connectivity index (χ1v) is 15.5. The van der Waals surface area contributed by atoms with Crippen LogP contribution in [0.25, 0.3) is 10.8 Å². The molecule has 8 rings (SSSR count). The van der Waals surface area contributed by atoms with E-state index in [-0.39, 0.29) is 5.54 Å². The van der Waals surface area contributed by atoms with Crippen molar-refractivity contribution in [3.8, 4) is 6.01 Å². The molecule has 204 valence electrons. The molecule has 6 heteroatoms. The highest BCUT2D eigenvalue weighted by atomic mass is 16.5. The first-order valence-electron chi connectivity index (χ1n) is 15.5. The van der Waals surface area contributed by atoms with Crippen molar-refractivity contribution in [1.29, 1.82) is 0 Å². The predicted molar refractivity (Wildman–Crippen MR) is 157 cm³/mol. The van der Waals surface area contributed by atoms with E-state index in [9.17, 15) is 0 Å². The second-order valence-corrected chi connectivity index (χ2v) is 12.9. The Morgan fingerprint density at radius 3 is 2.56 bits per heavy atom. The van der Waals surface area contributed by atoms with E-state index in [1.54, 1.807) is 0 Å². The van der Waals surface area contributed by atoms with Gasteiger partial charge in [-0.05, 0) is 99.7 Å². The number of anilines is 2. The van der Waals surface area contributed by atoms with Crippen LogP contribution in [0.15, 0.2) is 36.4 Å². The zero-order valence-electron chi connectivity index (χ0n) is 23.3. The molecular formula is C33H41N5O. The lowest BCUT2D eigenvalue weighted by molar-refractivity contribution is 0.107. The van der Waals surface area contributed by atoms with E-state index in [4.69, 9.17) is 14.7 Å². The topological polar surface area (TPSA) is 53.5 Å². The van der Waals surface area contributed by atoms with Crippen LogP contribution < -0.4 is 15.0 Å². The van der Waals surface area contributed by atoms with Crippen LogP contribution in [-0.4, -0.2) is 52.7 Å². The molecule has 2 aliphatic carbocycles. The summed E-state index contributed by atoms with van der Waals surface area (Å²) in [4.78, 5) is 15.4. The molecule has 0 amide bonds. The Morgan fingerprint density at radius 1 is 0.974 bits per heavy atom. The quantitative estimate of drug-likeness (QED) is 0.412. The minimum atomic E-state index is 0.200. The summed E-state index contributed by atoms with van der Waals surface area (Å²) in [5, 5.41) is 6.60. The van der Waals surface area contributed by atoms with Gasteiger partial charge >= 0.3 is 6.01 Å². The number of nitrogens with one attached hydrogen (secondary N) is 1. The molecule has 39 heavy (non-hydrogen) atoms. The Kier molecular flexibility index (Phi) is 5.76. The molecule has 0 bridgehead atoms. The van der Waals surface area contributed by atoms with Crippen LogP contribution >= 0.6 is 0 Å². The van der Waals surface area contributed by atoms with E-state index < -0.39 is 0 Å². The van der Waals surface area contributed by atoms with Gasteiger partial charge in [0.1, 0.15) is 12.4 Å². The average molecular weight is 524 g/mol. The Morgan fingerprint density at radius 2 is 1.77 bits per heavy atom. The minimum Gasteiger partial charge on any atom is -0.461 e. The number of rotatable bonds is 7. The van der Waals surface area contributed by atoms with Crippen molar-refractivity contribution in [3.05, 3.63) is 53.2 Å². The van der Waals surface area contributed by atoms with Gasteiger partial charge in [-0.2, -0.15) is 9.97 Å². The number of aryl methyl sites for hydroxylation is 1. The molecule has 2 unspecified atom stereocenters. The number of nitrogens with zero attached hydrogens (tertiary/aromatic N) is 4. The lowest BCUT2D eigenvalue weighted by atomic mass is 9.95. The smallest absolute Gasteiger partial charge is 0.318 e. The number of hydrogen-bond donors (Lipinski definition) is 1. The number of aromatic nitrogens is 2. The normalized spacial score (nSPS) is 26.9. The van der Waals surface area contributed by atoms with Crippen LogP contribution in [0, 0.1) is 11.8 Å². The van der Waals surface area contributed by atoms with Gasteiger partial charge in [-0.25, -0.2) is 0 Å². The molecule has 0 radical (unpaired) electrons. The van der Waals surface area contributed by atoms with Crippen molar-refractivity contribution in [2.75, 3.05) is 36.5 Å². The van der Waals surface area contributed by atoms with Gasteiger partial charge in [-0.15, -0.1) is 0 Å². The molecule has 0 spiro atoms. The molecule has 4 heterocycles. The third kappa shape index (κ3) is 4.18. The molecule has 3 aromatic rings. The maximum Gasteiger partial charge on any atom is 0.318 e. The van der Waals surface area contributed by atoms with E-state index in [1.165, 1.54) is 85.6 Å². The van der Waals surface area contributed by atoms with Gasteiger partial charge in [-0.3, -0.25) is 4.90 Å². The van der Waals surface area contributed by atoms with Gasteiger partial charge in [0.2, 0.25) is 0 Å². The van der Waals surface area contributed by atoms with Gasteiger partial charge in [0.05, 0.1) is 17.8 Å². The Labute approximate surface area is 232 Å². The fourth-order valence-corrected chi connectivity index (χ4v) is 8.44. The van der Waals surface area contributed by atoms with Gasteiger partial charge in [0.25, 0.3) is 0 Å². The highest BCUT2D eigenvalue weighted by molar-refractivity contribution is 5.97. The molecule has 2 atom stereocenters. The lowest BCUT2D eigenvalue weighted by Crippen LogP contribution is -2.43. The maximum absolute atomic E-state index is 6.52. The summed E-state index contributed by atoms with van der Waals surface area (Å²) in [6.45, 7) is 7.18. The van der Waals surface area contributed by atoms with Gasteiger partial charge in [0, 0.05) is 29.2 Å². The van der Waals surface area contributed by atoms with Crippen molar-refractivity contribution < 1.29 is 4.74 Å². The monoisotopic (exact) mass is 523 g/mol. The fraction of sp³-hybridized carbons (Fsp3) is 0.576. The average Bonchev–Trinajstić information content (AvgIpc) is 3.26. The Hall–Kier alpha value is -2.86. The molecule has 2 aromatic carbocycles. The Bertz CT molecular complexity index is 1380. The largest absolute Gasteiger partial charge is 0.461 e. The molecule has 3 aliphatic heterocycles. The van der Waals surface area contributed by atoms with Crippen molar-refractivity contribution in [2.24, 2.45) is 11.8 Å². The number of fused-ring (bicyclic) bond motifs is 4. The first-order chi connectivity index (χ1) is 19.2. The molecule has 5 aliphatic rings. The second kappa shape index (κ2) is 9.36. The van der Waals surface area contributed by atoms with E-state index in [1.807, 2.05) is 0 Å². The molecular weight excluding hydrogens is 482 g/mol.